The van der Waals surface area contributed by atoms with Crippen molar-refractivity contribution in [2.24, 2.45) is 0 Å². The van der Waals surface area contributed by atoms with Crippen molar-refractivity contribution in [1.29, 1.82) is 0 Å². The molecule has 0 atom stereocenters. The molecule has 0 amide bonds. The van der Waals surface area contributed by atoms with E-state index in [9.17, 15) is 4.79 Å². The van der Waals surface area contributed by atoms with Gasteiger partial charge in [0.15, 0.2) is 0 Å². The molecule has 1 heterocycles. The first-order valence-electron chi connectivity index (χ1n) is 6.94. The van der Waals surface area contributed by atoms with E-state index in [-0.39, 0.29) is 0 Å². The topological polar surface area (TPSA) is 30.2 Å². The summed E-state index contributed by atoms with van der Waals surface area (Å²) in [7, 11) is 0. The lowest BCUT2D eigenvalue weighted by atomic mass is 10.0. The second kappa shape index (κ2) is 6.93. The van der Waals surface area contributed by atoms with Crippen LogP contribution >= 0.6 is 0 Å². The molecule has 2 rings (SSSR count). The highest BCUT2D eigenvalue weighted by atomic mass is 16.3. The van der Waals surface area contributed by atoms with Crippen LogP contribution in [0.15, 0.2) is 47.1 Å². The van der Waals surface area contributed by atoms with Gasteiger partial charge in [0.1, 0.15) is 11.5 Å². The summed E-state index contributed by atoms with van der Waals surface area (Å²) in [4.78, 5) is 11.6. The predicted molar refractivity (Wildman–Crippen MR) is 77.0 cm³/mol. The van der Waals surface area contributed by atoms with Gasteiger partial charge in [0, 0.05) is 18.4 Å². The number of Topliss-reactive ketones (excluding diaryl/α,β-unsaturated/α-hetero) is 1. The molecule has 1 aromatic heterocycles. The van der Waals surface area contributed by atoms with Gasteiger partial charge in [-0.15, -0.1) is 0 Å². The number of hydrogen-bond donors (Lipinski definition) is 0. The molecule has 0 bridgehead atoms. The Morgan fingerprint density at radius 2 is 1.89 bits per heavy atom. The number of benzene rings is 1. The molecular formula is C17H20O2. The largest absolute Gasteiger partial charge is 0.464 e. The molecular weight excluding hydrogens is 236 g/mol. The van der Waals surface area contributed by atoms with Gasteiger partial charge in [-0.25, -0.2) is 0 Å². The number of ketones is 1. The number of hydrogen-bond acceptors (Lipinski definition) is 2. The maximum atomic E-state index is 11.6. The summed E-state index contributed by atoms with van der Waals surface area (Å²) in [6.07, 6.45) is 5.98. The highest BCUT2D eigenvalue weighted by Crippen LogP contribution is 2.20. The highest BCUT2D eigenvalue weighted by molar-refractivity contribution is 5.78. The molecule has 0 aliphatic carbocycles. The Morgan fingerprint density at radius 3 is 2.53 bits per heavy atom. The van der Waals surface area contributed by atoms with Crippen molar-refractivity contribution in [3.05, 3.63) is 48.2 Å². The van der Waals surface area contributed by atoms with Crippen molar-refractivity contribution in [3.8, 4) is 11.3 Å². The van der Waals surface area contributed by atoms with Crippen LogP contribution in [0.1, 0.15) is 38.2 Å². The minimum absolute atomic E-state index is 0.372. The van der Waals surface area contributed by atoms with Crippen LogP contribution < -0.4 is 0 Å². The zero-order valence-electron chi connectivity index (χ0n) is 11.4. The number of carbonyl (C=O) groups is 1. The molecule has 0 radical (unpaired) electrons. The van der Waals surface area contributed by atoms with Crippen LogP contribution in [0.4, 0.5) is 0 Å². The van der Waals surface area contributed by atoms with E-state index in [0.717, 1.165) is 37.0 Å². The van der Waals surface area contributed by atoms with Crippen LogP contribution in [0.2, 0.25) is 0 Å². The monoisotopic (exact) mass is 256 g/mol. The number of unbranched alkanes of at least 4 members (excludes halogenated alkanes) is 1. The SMILES string of the molecule is CCCCC(=O)CCc1ccc(-c2ccco2)cc1. The van der Waals surface area contributed by atoms with Gasteiger partial charge < -0.3 is 4.42 Å². The molecule has 0 fully saturated rings. The second-order valence-electron chi connectivity index (χ2n) is 4.82. The van der Waals surface area contributed by atoms with E-state index < -0.39 is 0 Å². The lowest BCUT2D eigenvalue weighted by Gasteiger charge is -2.03. The maximum Gasteiger partial charge on any atom is 0.133 e. The van der Waals surface area contributed by atoms with Crippen molar-refractivity contribution in [2.45, 2.75) is 39.0 Å². The molecule has 0 unspecified atom stereocenters. The molecule has 2 aromatic rings. The van der Waals surface area contributed by atoms with Crippen molar-refractivity contribution < 1.29 is 9.21 Å². The Balaban J connectivity index is 1.87. The third-order valence-electron chi connectivity index (χ3n) is 3.26. The summed E-state index contributed by atoms with van der Waals surface area (Å²) in [5.41, 5.74) is 2.28. The summed E-state index contributed by atoms with van der Waals surface area (Å²) in [6, 6.07) is 12.1. The molecule has 0 aliphatic rings. The van der Waals surface area contributed by atoms with E-state index in [1.165, 1.54) is 5.56 Å². The van der Waals surface area contributed by atoms with Gasteiger partial charge in [0.2, 0.25) is 0 Å². The van der Waals surface area contributed by atoms with Crippen LogP contribution in [0.3, 0.4) is 0 Å². The molecule has 0 spiro atoms. The molecule has 0 aliphatic heterocycles. The Morgan fingerprint density at radius 1 is 1.11 bits per heavy atom. The molecule has 0 N–H and O–H groups in total. The summed E-state index contributed by atoms with van der Waals surface area (Å²) in [6.45, 7) is 2.11. The summed E-state index contributed by atoms with van der Waals surface area (Å²) in [5, 5.41) is 0. The highest BCUT2D eigenvalue weighted by Gasteiger charge is 2.03. The Kier molecular flexibility index (Phi) is 4.96. The van der Waals surface area contributed by atoms with Gasteiger partial charge in [-0.05, 0) is 30.5 Å². The van der Waals surface area contributed by atoms with Crippen LogP contribution in [0.25, 0.3) is 11.3 Å². The van der Waals surface area contributed by atoms with E-state index in [0.29, 0.717) is 12.2 Å². The number of aryl methyl sites for hydroxylation is 1. The first-order valence-corrected chi connectivity index (χ1v) is 6.94. The summed E-state index contributed by atoms with van der Waals surface area (Å²) in [5.74, 6) is 1.25. The smallest absolute Gasteiger partial charge is 0.133 e. The summed E-state index contributed by atoms with van der Waals surface area (Å²) >= 11 is 0. The third-order valence-corrected chi connectivity index (χ3v) is 3.26. The molecule has 2 nitrogen and oxygen atoms in total. The van der Waals surface area contributed by atoms with Gasteiger partial charge in [-0.2, -0.15) is 0 Å². The fourth-order valence-electron chi connectivity index (χ4n) is 2.06. The zero-order chi connectivity index (χ0) is 13.5. The van der Waals surface area contributed by atoms with Crippen molar-refractivity contribution in [3.63, 3.8) is 0 Å². The molecule has 2 heteroatoms. The average Bonchev–Trinajstić information content (AvgIpc) is 2.97. The average molecular weight is 256 g/mol. The van der Waals surface area contributed by atoms with Gasteiger partial charge in [-0.1, -0.05) is 37.6 Å². The minimum atomic E-state index is 0.372. The standard InChI is InChI=1S/C17H20O2/c1-2-3-5-16(18)12-9-14-7-10-15(11-8-14)17-6-4-13-19-17/h4,6-8,10-11,13H,2-3,5,9,12H2,1H3. The van der Waals surface area contributed by atoms with Crippen LogP contribution in [0.5, 0.6) is 0 Å². The van der Waals surface area contributed by atoms with E-state index in [1.54, 1.807) is 6.26 Å². The minimum Gasteiger partial charge on any atom is -0.464 e. The number of rotatable bonds is 7. The van der Waals surface area contributed by atoms with Crippen LogP contribution in [-0.2, 0) is 11.2 Å². The van der Waals surface area contributed by atoms with Crippen LogP contribution in [-0.4, -0.2) is 5.78 Å². The van der Waals surface area contributed by atoms with Crippen LogP contribution in [0, 0.1) is 0 Å². The quantitative estimate of drug-likeness (QED) is 0.722. The Hall–Kier alpha value is -1.83. The predicted octanol–water partition coefficient (Wildman–Crippen LogP) is 4.64. The van der Waals surface area contributed by atoms with Gasteiger partial charge in [0.05, 0.1) is 6.26 Å². The van der Waals surface area contributed by atoms with E-state index in [2.05, 4.69) is 19.1 Å². The Labute approximate surface area is 114 Å². The lowest BCUT2D eigenvalue weighted by Crippen LogP contribution is -1.99. The molecule has 0 saturated carbocycles. The fourth-order valence-corrected chi connectivity index (χ4v) is 2.06. The van der Waals surface area contributed by atoms with Crippen molar-refractivity contribution in [1.82, 2.24) is 0 Å². The third kappa shape index (κ3) is 4.09. The van der Waals surface area contributed by atoms with Gasteiger partial charge in [-0.3, -0.25) is 4.79 Å². The molecule has 100 valence electrons. The first-order chi connectivity index (χ1) is 9.29. The molecule has 0 saturated heterocycles. The van der Waals surface area contributed by atoms with Gasteiger partial charge in [0.25, 0.3) is 0 Å². The van der Waals surface area contributed by atoms with E-state index >= 15 is 0 Å². The second-order valence-corrected chi connectivity index (χ2v) is 4.82. The van der Waals surface area contributed by atoms with E-state index in [1.807, 2.05) is 24.3 Å². The summed E-state index contributed by atoms with van der Waals surface area (Å²) < 4.78 is 5.35. The zero-order valence-corrected chi connectivity index (χ0v) is 11.4. The lowest BCUT2D eigenvalue weighted by molar-refractivity contribution is -0.119. The Bertz CT molecular complexity index is 495. The van der Waals surface area contributed by atoms with Gasteiger partial charge >= 0.3 is 0 Å². The number of furan rings is 1. The van der Waals surface area contributed by atoms with E-state index in [4.69, 9.17) is 4.42 Å². The molecule has 19 heavy (non-hydrogen) atoms. The van der Waals surface area contributed by atoms with Crippen molar-refractivity contribution in [2.75, 3.05) is 0 Å². The molecule has 1 aromatic carbocycles. The normalized spacial score (nSPS) is 10.6. The maximum absolute atomic E-state index is 11.6. The first kappa shape index (κ1) is 13.6. The fraction of sp³-hybridized carbons (Fsp3) is 0.353. The number of carbonyl (C=O) groups excluding carboxylic acids is 1. The van der Waals surface area contributed by atoms with Crippen molar-refractivity contribution >= 4 is 5.78 Å².